The molecular weight excluding hydrogens is 326 g/mol. The Bertz CT molecular complexity index is 667. The molecule has 0 atom stereocenters. The molecule has 2 aromatic rings. The molecule has 0 bridgehead atoms. The normalized spacial score (nSPS) is 10.4. The molecule has 0 saturated carbocycles. The summed E-state index contributed by atoms with van der Waals surface area (Å²) in [4.78, 5) is 12.4. The van der Waals surface area contributed by atoms with Crippen molar-refractivity contribution in [3.05, 3.63) is 54.1 Å². The van der Waals surface area contributed by atoms with Crippen LogP contribution in [-0.2, 0) is 0 Å². The van der Waals surface area contributed by atoms with E-state index in [-0.39, 0.29) is 5.91 Å². The molecule has 0 radical (unpaired) electrons. The topological polar surface area (TPSA) is 47.6 Å². The molecule has 0 unspecified atom stereocenters. The van der Waals surface area contributed by atoms with Crippen LogP contribution in [0, 0.1) is 0 Å². The lowest BCUT2D eigenvalue weighted by atomic mass is 10.2. The molecule has 0 aliphatic heterocycles. The van der Waals surface area contributed by atoms with Gasteiger partial charge in [0.25, 0.3) is 5.91 Å². The van der Waals surface area contributed by atoms with Crippen molar-refractivity contribution in [2.24, 2.45) is 0 Å². The first-order valence-electron chi connectivity index (χ1n) is 9.50. The summed E-state index contributed by atoms with van der Waals surface area (Å²) >= 11 is 0. The molecule has 0 fully saturated rings. The van der Waals surface area contributed by atoms with E-state index in [0.717, 1.165) is 36.4 Å². The number of unbranched alkanes of at least 4 members (excludes halogenated alkanes) is 3. The molecule has 0 aromatic heterocycles. The zero-order valence-electron chi connectivity index (χ0n) is 15.8. The van der Waals surface area contributed by atoms with Crippen LogP contribution in [0.15, 0.2) is 48.5 Å². The molecule has 1 N–H and O–H groups in total. The second kappa shape index (κ2) is 11.2. The molecule has 140 valence electrons. The lowest BCUT2D eigenvalue weighted by Gasteiger charge is -2.10. The predicted octanol–water partition coefficient (Wildman–Crippen LogP) is 5.69. The van der Waals surface area contributed by atoms with Gasteiger partial charge in [-0.05, 0) is 49.2 Å². The molecule has 1 amide bonds. The van der Waals surface area contributed by atoms with Crippen LogP contribution in [0.1, 0.15) is 56.3 Å². The van der Waals surface area contributed by atoms with Gasteiger partial charge in [0.05, 0.1) is 13.2 Å². The highest BCUT2D eigenvalue weighted by Gasteiger charge is 2.07. The molecular formula is C22H29NO3. The molecule has 2 rings (SSSR count). The van der Waals surface area contributed by atoms with Gasteiger partial charge >= 0.3 is 0 Å². The van der Waals surface area contributed by atoms with Gasteiger partial charge in [-0.1, -0.05) is 39.2 Å². The van der Waals surface area contributed by atoms with E-state index in [2.05, 4.69) is 19.2 Å². The van der Waals surface area contributed by atoms with E-state index in [1.807, 2.05) is 36.4 Å². The molecule has 0 spiro atoms. The summed E-state index contributed by atoms with van der Waals surface area (Å²) < 4.78 is 11.4. The van der Waals surface area contributed by atoms with Gasteiger partial charge in [-0.15, -0.1) is 0 Å². The number of anilines is 1. The van der Waals surface area contributed by atoms with Crippen molar-refractivity contribution in [2.75, 3.05) is 18.5 Å². The quantitative estimate of drug-likeness (QED) is 0.527. The van der Waals surface area contributed by atoms with Gasteiger partial charge in [0.1, 0.15) is 11.5 Å². The van der Waals surface area contributed by atoms with Crippen molar-refractivity contribution in [3.8, 4) is 11.5 Å². The largest absolute Gasteiger partial charge is 0.494 e. The third-order valence-electron chi connectivity index (χ3n) is 3.99. The first-order valence-corrected chi connectivity index (χ1v) is 9.50. The Balaban J connectivity index is 1.88. The summed E-state index contributed by atoms with van der Waals surface area (Å²) in [6.45, 7) is 5.69. The maximum atomic E-state index is 12.4. The minimum absolute atomic E-state index is 0.145. The first kappa shape index (κ1) is 19.8. The summed E-state index contributed by atoms with van der Waals surface area (Å²) in [6, 6.07) is 14.7. The van der Waals surface area contributed by atoms with Crippen LogP contribution in [0.2, 0.25) is 0 Å². The SMILES string of the molecule is CCCCCOc1ccc(C(=O)Nc2cccc(OCCCC)c2)cc1. The van der Waals surface area contributed by atoms with Crippen LogP contribution in [-0.4, -0.2) is 19.1 Å². The maximum Gasteiger partial charge on any atom is 0.255 e. The van der Waals surface area contributed by atoms with Crippen molar-refractivity contribution >= 4 is 11.6 Å². The van der Waals surface area contributed by atoms with E-state index in [0.29, 0.717) is 18.8 Å². The molecule has 4 heteroatoms. The Kier molecular flexibility index (Phi) is 8.53. The Morgan fingerprint density at radius 3 is 2.27 bits per heavy atom. The third kappa shape index (κ3) is 6.79. The van der Waals surface area contributed by atoms with E-state index in [9.17, 15) is 4.79 Å². The van der Waals surface area contributed by atoms with Crippen LogP contribution in [0.3, 0.4) is 0 Å². The molecule has 26 heavy (non-hydrogen) atoms. The fraction of sp³-hybridized carbons (Fsp3) is 0.409. The summed E-state index contributed by atoms with van der Waals surface area (Å²) in [6.07, 6.45) is 5.50. The smallest absolute Gasteiger partial charge is 0.255 e. The van der Waals surface area contributed by atoms with Gasteiger partial charge in [0, 0.05) is 17.3 Å². The van der Waals surface area contributed by atoms with E-state index in [1.54, 1.807) is 12.1 Å². The number of hydrogen-bond acceptors (Lipinski definition) is 3. The fourth-order valence-corrected chi connectivity index (χ4v) is 2.45. The van der Waals surface area contributed by atoms with Crippen LogP contribution >= 0.6 is 0 Å². The van der Waals surface area contributed by atoms with Crippen LogP contribution in [0.4, 0.5) is 5.69 Å². The molecule has 0 saturated heterocycles. The molecule has 0 heterocycles. The van der Waals surface area contributed by atoms with Gasteiger partial charge < -0.3 is 14.8 Å². The van der Waals surface area contributed by atoms with Gasteiger partial charge in [-0.2, -0.15) is 0 Å². The highest BCUT2D eigenvalue weighted by Crippen LogP contribution is 2.19. The summed E-state index contributed by atoms with van der Waals surface area (Å²) in [5.74, 6) is 1.42. The van der Waals surface area contributed by atoms with Crippen molar-refractivity contribution in [1.29, 1.82) is 0 Å². The van der Waals surface area contributed by atoms with E-state index < -0.39 is 0 Å². The molecule has 0 aliphatic carbocycles. The number of ether oxygens (including phenoxy) is 2. The minimum atomic E-state index is -0.145. The highest BCUT2D eigenvalue weighted by atomic mass is 16.5. The van der Waals surface area contributed by atoms with Crippen molar-refractivity contribution in [3.63, 3.8) is 0 Å². The van der Waals surface area contributed by atoms with Crippen molar-refractivity contribution in [1.82, 2.24) is 0 Å². The second-order valence-electron chi connectivity index (χ2n) is 6.26. The zero-order chi connectivity index (χ0) is 18.6. The Morgan fingerprint density at radius 2 is 1.54 bits per heavy atom. The Hall–Kier alpha value is -2.49. The maximum absolute atomic E-state index is 12.4. The number of nitrogens with one attached hydrogen (secondary N) is 1. The predicted molar refractivity (Wildman–Crippen MR) is 106 cm³/mol. The Labute approximate surface area is 156 Å². The standard InChI is InChI=1S/C22H29NO3/c1-3-5-7-16-25-20-13-11-18(12-14-20)22(24)23-19-9-8-10-21(17-19)26-15-6-4-2/h8-14,17H,3-7,15-16H2,1-2H3,(H,23,24). The first-order chi connectivity index (χ1) is 12.7. The number of carbonyl (C=O) groups is 1. The van der Waals surface area contributed by atoms with Crippen LogP contribution in [0.25, 0.3) is 0 Å². The average molecular weight is 355 g/mol. The van der Waals surface area contributed by atoms with Crippen molar-refractivity contribution in [2.45, 2.75) is 46.0 Å². The van der Waals surface area contributed by atoms with Gasteiger partial charge in [0.2, 0.25) is 0 Å². The minimum Gasteiger partial charge on any atom is -0.494 e. The lowest BCUT2D eigenvalue weighted by Crippen LogP contribution is -2.12. The fourth-order valence-electron chi connectivity index (χ4n) is 2.45. The average Bonchev–Trinajstić information content (AvgIpc) is 2.66. The zero-order valence-corrected chi connectivity index (χ0v) is 15.8. The number of carbonyl (C=O) groups excluding carboxylic acids is 1. The second-order valence-corrected chi connectivity index (χ2v) is 6.26. The Morgan fingerprint density at radius 1 is 0.846 bits per heavy atom. The summed E-state index contributed by atoms with van der Waals surface area (Å²) in [5.41, 5.74) is 1.33. The van der Waals surface area contributed by atoms with E-state index in [1.165, 1.54) is 12.8 Å². The van der Waals surface area contributed by atoms with Gasteiger partial charge in [0.15, 0.2) is 0 Å². The number of hydrogen-bond donors (Lipinski definition) is 1. The van der Waals surface area contributed by atoms with Crippen LogP contribution in [0.5, 0.6) is 11.5 Å². The lowest BCUT2D eigenvalue weighted by molar-refractivity contribution is 0.102. The van der Waals surface area contributed by atoms with Gasteiger partial charge in [-0.25, -0.2) is 0 Å². The summed E-state index contributed by atoms with van der Waals surface area (Å²) in [7, 11) is 0. The molecule has 0 aliphatic rings. The molecule has 4 nitrogen and oxygen atoms in total. The van der Waals surface area contributed by atoms with Crippen molar-refractivity contribution < 1.29 is 14.3 Å². The number of rotatable bonds is 11. The summed E-state index contributed by atoms with van der Waals surface area (Å²) in [5, 5.41) is 2.91. The molecule has 2 aromatic carbocycles. The monoisotopic (exact) mass is 355 g/mol. The van der Waals surface area contributed by atoms with Gasteiger partial charge in [-0.3, -0.25) is 4.79 Å². The number of amides is 1. The highest BCUT2D eigenvalue weighted by molar-refractivity contribution is 6.04. The third-order valence-corrected chi connectivity index (χ3v) is 3.99. The van der Waals surface area contributed by atoms with E-state index >= 15 is 0 Å². The van der Waals surface area contributed by atoms with E-state index in [4.69, 9.17) is 9.47 Å². The van der Waals surface area contributed by atoms with Crippen LogP contribution < -0.4 is 14.8 Å². The number of benzene rings is 2.